The molecule has 3 aliphatic rings. The Morgan fingerprint density at radius 3 is 2.34 bits per heavy atom. The van der Waals surface area contributed by atoms with Gasteiger partial charge in [-0.1, -0.05) is 6.07 Å². The minimum Gasteiger partial charge on any atom is -0.505 e. The highest BCUT2D eigenvalue weighted by Crippen LogP contribution is 2.52. The number of likely N-dealkylation sites (N-methyl/N-ethyl adjacent to an activating group) is 1. The molecule has 0 saturated heterocycles. The fourth-order valence-electron chi connectivity index (χ4n) is 7.23. The Labute approximate surface area is 253 Å². The smallest absolute Gasteiger partial charge is 0.235 e. The fraction of sp³-hybridized carbons (Fsp3) is 0.452. The number of hydrogen-bond donors (Lipinski definition) is 5. The summed E-state index contributed by atoms with van der Waals surface area (Å²) in [7, 11) is 8.05. The van der Waals surface area contributed by atoms with Crippen LogP contribution < -0.4 is 20.7 Å². The third-order valence-corrected chi connectivity index (χ3v) is 9.25. The van der Waals surface area contributed by atoms with Crippen LogP contribution >= 0.6 is 0 Å². The molecule has 0 radical (unpaired) electrons. The summed E-state index contributed by atoms with van der Waals surface area (Å²) >= 11 is 0. The zero-order chi connectivity index (χ0) is 32.4. The van der Waals surface area contributed by atoms with Crippen molar-refractivity contribution in [1.82, 2.24) is 4.90 Å². The van der Waals surface area contributed by atoms with Crippen LogP contribution in [0.4, 0.5) is 11.4 Å². The van der Waals surface area contributed by atoms with E-state index in [1.165, 1.54) is 18.1 Å². The molecule has 2 aromatic rings. The largest absolute Gasteiger partial charge is 0.505 e. The summed E-state index contributed by atoms with van der Waals surface area (Å²) in [4.78, 5) is 70.4. The van der Waals surface area contributed by atoms with E-state index in [9.17, 15) is 39.3 Å². The van der Waals surface area contributed by atoms with Gasteiger partial charge in [0.25, 0.3) is 0 Å². The average molecular weight is 609 g/mol. The lowest BCUT2D eigenvalue weighted by Gasteiger charge is -2.52. The molecule has 0 aliphatic heterocycles. The van der Waals surface area contributed by atoms with Crippen molar-refractivity contribution in [1.29, 1.82) is 0 Å². The Morgan fingerprint density at radius 2 is 1.77 bits per heavy atom. The second kappa shape index (κ2) is 10.9. The van der Waals surface area contributed by atoms with Crippen LogP contribution in [0.25, 0.3) is 0 Å². The number of phenols is 2. The maximum absolute atomic E-state index is 14.2. The van der Waals surface area contributed by atoms with Gasteiger partial charge in [0.05, 0.1) is 30.3 Å². The van der Waals surface area contributed by atoms with E-state index in [1.807, 2.05) is 0 Å². The molecule has 2 fully saturated rings. The maximum Gasteiger partial charge on any atom is 0.235 e. The number of methoxy groups -OCH3 is 1. The first kappa shape index (κ1) is 31.0. The Kier molecular flexibility index (Phi) is 7.67. The summed E-state index contributed by atoms with van der Waals surface area (Å²) in [5.41, 5.74) is 4.42. The number of rotatable bonds is 7. The van der Waals surface area contributed by atoms with Gasteiger partial charge in [-0.25, -0.2) is 0 Å². The zero-order valence-corrected chi connectivity index (χ0v) is 25.1. The van der Waals surface area contributed by atoms with E-state index in [-0.39, 0.29) is 36.4 Å². The summed E-state index contributed by atoms with van der Waals surface area (Å²) in [5, 5.41) is 36.4. The highest BCUT2D eigenvalue weighted by Gasteiger charge is 2.69. The third-order valence-electron chi connectivity index (χ3n) is 9.25. The van der Waals surface area contributed by atoms with Crippen molar-refractivity contribution in [3.63, 3.8) is 0 Å². The van der Waals surface area contributed by atoms with Gasteiger partial charge in [-0.3, -0.25) is 28.9 Å². The summed E-state index contributed by atoms with van der Waals surface area (Å²) in [6.07, 6.45) is 0.123. The molecule has 0 bridgehead atoms. The summed E-state index contributed by atoms with van der Waals surface area (Å²) in [5.74, 6) is -10.8. The molecule has 2 aromatic carbocycles. The van der Waals surface area contributed by atoms with Crippen LogP contribution in [0.1, 0.15) is 27.9 Å². The van der Waals surface area contributed by atoms with Gasteiger partial charge in [0.15, 0.2) is 46.2 Å². The Morgan fingerprint density at radius 1 is 1.09 bits per heavy atom. The summed E-state index contributed by atoms with van der Waals surface area (Å²) in [6, 6.07) is 5.31. The standard InChI is InChI=1S/C31H36N4O9/c1-34(2)18-11-17(33-12-13-6-7-20(44-5)19(36)8-13)25(37)22-15(18)9-14-10-16-24(35(3)4)27(39)23(30(32)42)29(41)31(16,43)28(40)21(14)26(22)38/h6-8,11,14,16,21,23-24,33,36-37,43H,9-10,12H2,1-5H3,(H2,32,42)/t14-,16-,21?,23?,24-,31-/m0/s1. The summed E-state index contributed by atoms with van der Waals surface area (Å²) in [6.45, 7) is 0.153. The van der Waals surface area contributed by atoms with E-state index in [2.05, 4.69) is 5.32 Å². The van der Waals surface area contributed by atoms with Gasteiger partial charge in [0, 0.05) is 32.2 Å². The topological polar surface area (TPSA) is 200 Å². The number of primary amides is 1. The van der Waals surface area contributed by atoms with Crippen molar-refractivity contribution in [3.05, 3.63) is 41.0 Å². The monoisotopic (exact) mass is 608 g/mol. The molecule has 0 heterocycles. The van der Waals surface area contributed by atoms with Crippen LogP contribution in [0.5, 0.6) is 17.2 Å². The molecular formula is C31H36N4O9. The minimum absolute atomic E-state index is 0.0293. The Bertz CT molecular complexity index is 1600. The lowest BCUT2D eigenvalue weighted by molar-refractivity contribution is -0.181. The van der Waals surface area contributed by atoms with Gasteiger partial charge >= 0.3 is 0 Å². The van der Waals surface area contributed by atoms with E-state index in [0.29, 0.717) is 22.6 Å². The first-order valence-corrected chi connectivity index (χ1v) is 14.2. The lowest BCUT2D eigenvalue weighted by atomic mass is 9.52. The molecular weight excluding hydrogens is 572 g/mol. The lowest BCUT2D eigenvalue weighted by Crippen LogP contribution is -2.74. The quantitative estimate of drug-likeness (QED) is 0.212. The van der Waals surface area contributed by atoms with Crippen molar-refractivity contribution in [2.24, 2.45) is 29.4 Å². The summed E-state index contributed by atoms with van der Waals surface area (Å²) < 4.78 is 5.08. The van der Waals surface area contributed by atoms with Crippen LogP contribution in [0.15, 0.2) is 24.3 Å². The number of aliphatic hydroxyl groups is 1. The van der Waals surface area contributed by atoms with Gasteiger partial charge in [0.2, 0.25) is 5.91 Å². The predicted molar refractivity (Wildman–Crippen MR) is 158 cm³/mol. The number of ether oxygens (including phenoxy) is 1. The molecule has 6 N–H and O–H groups in total. The molecule has 5 rings (SSSR count). The van der Waals surface area contributed by atoms with Crippen molar-refractivity contribution in [3.8, 4) is 17.2 Å². The van der Waals surface area contributed by atoms with Crippen molar-refractivity contribution in [2.75, 3.05) is 45.5 Å². The molecule has 6 atom stereocenters. The predicted octanol–water partition coefficient (Wildman–Crippen LogP) is 0.259. The maximum atomic E-state index is 14.2. The number of fused-ring (bicyclic) bond motifs is 3. The molecule has 234 valence electrons. The number of carbonyl (C=O) groups is 5. The second-order valence-electron chi connectivity index (χ2n) is 12.2. The van der Waals surface area contributed by atoms with Crippen LogP contribution in [0.2, 0.25) is 0 Å². The molecule has 44 heavy (non-hydrogen) atoms. The average Bonchev–Trinajstić information content (AvgIpc) is 2.94. The number of aromatic hydroxyl groups is 2. The minimum atomic E-state index is -2.79. The van der Waals surface area contributed by atoms with Gasteiger partial charge in [0.1, 0.15) is 5.75 Å². The zero-order valence-electron chi connectivity index (χ0n) is 25.1. The number of nitrogens with two attached hydrogens (primary N) is 1. The number of phenolic OH excluding ortho intramolecular Hbond substituents is 2. The van der Waals surface area contributed by atoms with E-state index >= 15 is 0 Å². The number of Topliss-reactive ketones (excluding diaryl/α,β-unsaturated/α-hetero) is 4. The van der Waals surface area contributed by atoms with Crippen LogP contribution in [0, 0.1) is 23.7 Å². The number of benzene rings is 2. The van der Waals surface area contributed by atoms with Crippen LogP contribution in [-0.2, 0) is 32.1 Å². The van der Waals surface area contributed by atoms with Gasteiger partial charge in [-0.2, -0.15) is 0 Å². The third kappa shape index (κ3) is 4.49. The van der Waals surface area contributed by atoms with E-state index < -0.39 is 70.1 Å². The first-order chi connectivity index (χ1) is 20.6. The second-order valence-corrected chi connectivity index (χ2v) is 12.2. The molecule has 2 saturated carbocycles. The SMILES string of the molecule is COc1ccc(CNc2cc(N(C)C)c3c(c2O)C(=O)C2C(=O)[C@]4(O)C(=O)C(C(N)=O)C(=O)[C@@H](N(C)C)[C@@H]4C[C@@H]2C3)cc1O. The molecule has 0 spiro atoms. The number of nitrogens with one attached hydrogen (secondary N) is 1. The first-order valence-electron chi connectivity index (χ1n) is 14.2. The van der Waals surface area contributed by atoms with E-state index in [1.54, 1.807) is 51.3 Å². The number of amides is 1. The highest BCUT2D eigenvalue weighted by atomic mass is 16.5. The number of anilines is 2. The van der Waals surface area contributed by atoms with Crippen LogP contribution in [-0.4, -0.2) is 96.2 Å². The molecule has 3 aliphatic carbocycles. The fourth-order valence-corrected chi connectivity index (χ4v) is 7.23. The molecule has 13 nitrogen and oxygen atoms in total. The van der Waals surface area contributed by atoms with Crippen molar-refractivity contribution >= 4 is 40.4 Å². The number of carbonyl (C=O) groups excluding carboxylic acids is 5. The van der Waals surface area contributed by atoms with Crippen LogP contribution in [0.3, 0.4) is 0 Å². The molecule has 2 unspecified atom stereocenters. The molecule has 0 aromatic heterocycles. The van der Waals surface area contributed by atoms with Crippen molar-refractivity contribution in [2.45, 2.75) is 31.0 Å². The Balaban J connectivity index is 1.57. The van der Waals surface area contributed by atoms with Crippen molar-refractivity contribution < 1.29 is 44.0 Å². The molecule has 13 heteroatoms. The number of hydrogen-bond acceptors (Lipinski definition) is 12. The Hall–Kier alpha value is -4.49. The van der Waals surface area contributed by atoms with Gasteiger partial charge in [-0.15, -0.1) is 0 Å². The number of nitrogens with zero attached hydrogens (tertiary/aromatic N) is 2. The van der Waals surface area contributed by atoms with E-state index in [4.69, 9.17) is 10.5 Å². The molecule has 1 amide bonds. The van der Waals surface area contributed by atoms with E-state index in [0.717, 1.165) is 0 Å². The van der Waals surface area contributed by atoms with Gasteiger partial charge in [-0.05, 0) is 62.2 Å². The highest BCUT2D eigenvalue weighted by molar-refractivity contribution is 6.32. The number of ketones is 4. The normalized spacial score (nSPS) is 27.8. The van der Waals surface area contributed by atoms with Gasteiger partial charge < -0.3 is 36.0 Å².